The summed E-state index contributed by atoms with van der Waals surface area (Å²) in [4.78, 5) is 0. The van der Waals surface area contributed by atoms with Gasteiger partial charge in [-0.05, 0) is 31.7 Å². The first-order valence-electron chi connectivity index (χ1n) is 9.48. The van der Waals surface area contributed by atoms with E-state index in [9.17, 15) is 0 Å². The average molecular weight is 298 g/mol. The number of rotatable bonds is 13. The summed E-state index contributed by atoms with van der Waals surface area (Å²) in [7, 11) is 1.89. The number of ether oxygens (including phenoxy) is 1. The van der Waals surface area contributed by atoms with Crippen molar-refractivity contribution < 1.29 is 4.74 Å². The van der Waals surface area contributed by atoms with Gasteiger partial charge in [-0.2, -0.15) is 0 Å². The van der Waals surface area contributed by atoms with Crippen molar-refractivity contribution in [3.05, 3.63) is 0 Å². The molecule has 0 heterocycles. The minimum absolute atomic E-state index is 0.395. The standard InChI is InChI=1S/C19H39NO/c1-4-6-7-8-9-12-15-19(17-21-3,16-20-5-2)18-13-10-11-14-18/h18,20H,4-17H2,1-3H3. The van der Waals surface area contributed by atoms with Crippen LogP contribution < -0.4 is 5.32 Å². The summed E-state index contributed by atoms with van der Waals surface area (Å²) < 4.78 is 5.67. The summed E-state index contributed by atoms with van der Waals surface area (Å²) in [5, 5.41) is 3.63. The number of methoxy groups -OCH3 is 1. The van der Waals surface area contributed by atoms with Gasteiger partial charge in [0.2, 0.25) is 0 Å². The SMILES string of the molecule is CCCCCCCCC(CNCC)(COC)C1CCCC1. The molecule has 1 aliphatic rings. The van der Waals surface area contributed by atoms with E-state index in [1.165, 1.54) is 70.6 Å². The zero-order chi connectivity index (χ0) is 15.4. The largest absolute Gasteiger partial charge is 0.384 e. The summed E-state index contributed by atoms with van der Waals surface area (Å²) in [5.41, 5.74) is 0.395. The van der Waals surface area contributed by atoms with Crippen LogP contribution in [0.5, 0.6) is 0 Å². The van der Waals surface area contributed by atoms with Crippen molar-refractivity contribution in [1.82, 2.24) is 5.32 Å². The lowest BCUT2D eigenvalue weighted by Crippen LogP contribution is -2.43. The van der Waals surface area contributed by atoms with E-state index in [-0.39, 0.29) is 0 Å². The minimum Gasteiger partial charge on any atom is -0.384 e. The van der Waals surface area contributed by atoms with E-state index >= 15 is 0 Å². The summed E-state index contributed by atoms with van der Waals surface area (Å²) in [5.74, 6) is 0.882. The fourth-order valence-corrected chi connectivity index (χ4v) is 4.13. The summed E-state index contributed by atoms with van der Waals surface area (Å²) in [6, 6.07) is 0. The highest BCUT2D eigenvalue weighted by Crippen LogP contribution is 2.43. The number of unbranched alkanes of at least 4 members (excludes halogenated alkanes) is 5. The van der Waals surface area contributed by atoms with E-state index in [0.717, 1.165) is 25.6 Å². The number of hydrogen-bond acceptors (Lipinski definition) is 2. The molecule has 126 valence electrons. The van der Waals surface area contributed by atoms with Crippen molar-refractivity contribution >= 4 is 0 Å². The fraction of sp³-hybridized carbons (Fsp3) is 1.00. The second kappa shape index (κ2) is 11.5. The summed E-state index contributed by atoms with van der Waals surface area (Å²) >= 11 is 0. The molecule has 1 atom stereocenters. The van der Waals surface area contributed by atoms with Crippen molar-refractivity contribution in [3.63, 3.8) is 0 Å². The highest BCUT2D eigenvalue weighted by Gasteiger charge is 2.39. The molecule has 0 radical (unpaired) electrons. The minimum atomic E-state index is 0.395. The van der Waals surface area contributed by atoms with Crippen LogP contribution >= 0.6 is 0 Å². The summed E-state index contributed by atoms with van der Waals surface area (Å²) in [6.07, 6.45) is 15.4. The van der Waals surface area contributed by atoms with Gasteiger partial charge in [0, 0.05) is 19.1 Å². The van der Waals surface area contributed by atoms with Crippen molar-refractivity contribution in [2.24, 2.45) is 11.3 Å². The Morgan fingerprint density at radius 2 is 1.67 bits per heavy atom. The van der Waals surface area contributed by atoms with Gasteiger partial charge in [0.15, 0.2) is 0 Å². The Hall–Kier alpha value is -0.0800. The molecule has 0 saturated heterocycles. The smallest absolute Gasteiger partial charge is 0.0533 e. The molecule has 0 aromatic carbocycles. The van der Waals surface area contributed by atoms with E-state index in [2.05, 4.69) is 19.2 Å². The van der Waals surface area contributed by atoms with Crippen LogP contribution in [0, 0.1) is 11.3 Å². The quantitative estimate of drug-likeness (QED) is 0.474. The Labute approximate surface area is 133 Å². The molecule has 1 aliphatic carbocycles. The van der Waals surface area contributed by atoms with Crippen LogP contribution in [0.3, 0.4) is 0 Å². The van der Waals surface area contributed by atoms with Gasteiger partial charge in [-0.15, -0.1) is 0 Å². The van der Waals surface area contributed by atoms with Gasteiger partial charge in [0.05, 0.1) is 6.61 Å². The molecule has 0 aromatic heterocycles. The van der Waals surface area contributed by atoms with Crippen LogP contribution in [0.4, 0.5) is 0 Å². The Kier molecular flexibility index (Phi) is 10.4. The van der Waals surface area contributed by atoms with Crippen LogP contribution in [0.2, 0.25) is 0 Å². The molecule has 1 saturated carbocycles. The van der Waals surface area contributed by atoms with Crippen LogP contribution in [0.1, 0.15) is 84.5 Å². The second-order valence-electron chi connectivity index (χ2n) is 7.07. The maximum Gasteiger partial charge on any atom is 0.0533 e. The van der Waals surface area contributed by atoms with E-state index < -0.39 is 0 Å². The maximum absolute atomic E-state index is 5.67. The molecular weight excluding hydrogens is 258 g/mol. The van der Waals surface area contributed by atoms with E-state index in [4.69, 9.17) is 4.74 Å². The molecule has 0 aromatic rings. The first-order valence-corrected chi connectivity index (χ1v) is 9.48. The Balaban J connectivity index is 2.47. The van der Waals surface area contributed by atoms with Crippen LogP contribution in [0.25, 0.3) is 0 Å². The molecule has 0 amide bonds. The third-order valence-electron chi connectivity index (χ3n) is 5.41. The Morgan fingerprint density at radius 3 is 2.29 bits per heavy atom. The normalized spacial score (nSPS) is 19.0. The van der Waals surface area contributed by atoms with E-state index in [0.29, 0.717) is 5.41 Å². The van der Waals surface area contributed by atoms with E-state index in [1.807, 2.05) is 7.11 Å². The third kappa shape index (κ3) is 6.69. The second-order valence-corrected chi connectivity index (χ2v) is 7.07. The zero-order valence-corrected chi connectivity index (χ0v) is 14.9. The van der Waals surface area contributed by atoms with Gasteiger partial charge in [0.25, 0.3) is 0 Å². The lowest BCUT2D eigenvalue weighted by molar-refractivity contribution is 0.0233. The summed E-state index contributed by atoms with van der Waals surface area (Å²) in [6.45, 7) is 7.68. The predicted molar refractivity (Wildman–Crippen MR) is 92.8 cm³/mol. The molecule has 1 unspecified atom stereocenters. The Bertz CT molecular complexity index is 238. The molecule has 2 nitrogen and oxygen atoms in total. The average Bonchev–Trinajstić information content (AvgIpc) is 3.03. The topological polar surface area (TPSA) is 21.3 Å². The Morgan fingerprint density at radius 1 is 1.00 bits per heavy atom. The number of nitrogens with one attached hydrogen (secondary N) is 1. The number of hydrogen-bond donors (Lipinski definition) is 1. The zero-order valence-electron chi connectivity index (χ0n) is 14.9. The van der Waals surface area contributed by atoms with Crippen LogP contribution in [-0.4, -0.2) is 26.8 Å². The first-order chi connectivity index (χ1) is 10.3. The van der Waals surface area contributed by atoms with Gasteiger partial charge in [-0.1, -0.05) is 65.2 Å². The molecule has 0 aliphatic heterocycles. The van der Waals surface area contributed by atoms with E-state index in [1.54, 1.807) is 0 Å². The van der Waals surface area contributed by atoms with Gasteiger partial charge in [-0.3, -0.25) is 0 Å². The van der Waals surface area contributed by atoms with Gasteiger partial charge < -0.3 is 10.1 Å². The molecule has 21 heavy (non-hydrogen) atoms. The fourth-order valence-electron chi connectivity index (χ4n) is 4.13. The van der Waals surface area contributed by atoms with Gasteiger partial charge in [-0.25, -0.2) is 0 Å². The monoisotopic (exact) mass is 297 g/mol. The maximum atomic E-state index is 5.67. The van der Waals surface area contributed by atoms with Crippen LogP contribution in [-0.2, 0) is 4.74 Å². The molecule has 2 heteroatoms. The van der Waals surface area contributed by atoms with Crippen LogP contribution in [0.15, 0.2) is 0 Å². The molecule has 1 fully saturated rings. The van der Waals surface area contributed by atoms with Crippen molar-refractivity contribution in [2.75, 3.05) is 26.8 Å². The van der Waals surface area contributed by atoms with Gasteiger partial charge >= 0.3 is 0 Å². The highest BCUT2D eigenvalue weighted by molar-refractivity contribution is 4.91. The molecule has 1 rings (SSSR count). The molecule has 1 N–H and O–H groups in total. The lowest BCUT2D eigenvalue weighted by Gasteiger charge is -2.39. The predicted octanol–water partition coefficient (Wildman–Crippen LogP) is 5.17. The molecule has 0 spiro atoms. The third-order valence-corrected chi connectivity index (χ3v) is 5.41. The molecule has 0 bridgehead atoms. The molecular formula is C19H39NO. The van der Waals surface area contributed by atoms with Crippen molar-refractivity contribution in [1.29, 1.82) is 0 Å². The first kappa shape index (κ1) is 19.0. The van der Waals surface area contributed by atoms with Gasteiger partial charge in [0.1, 0.15) is 0 Å². The highest BCUT2D eigenvalue weighted by atomic mass is 16.5. The van der Waals surface area contributed by atoms with Crippen molar-refractivity contribution in [3.8, 4) is 0 Å². The van der Waals surface area contributed by atoms with Crippen molar-refractivity contribution in [2.45, 2.75) is 84.5 Å². The lowest BCUT2D eigenvalue weighted by atomic mass is 9.71.